The van der Waals surface area contributed by atoms with E-state index in [0.717, 1.165) is 4.90 Å². The van der Waals surface area contributed by atoms with Crippen LogP contribution >= 0.6 is 15.9 Å². The number of ether oxygens (including phenoxy) is 3. The molecular formula is C21H18BrFN2O6. The van der Waals surface area contributed by atoms with Crippen LogP contribution in [0.2, 0.25) is 0 Å². The smallest absolute Gasteiger partial charge is 0.329 e. The van der Waals surface area contributed by atoms with Crippen molar-refractivity contribution in [3.63, 3.8) is 0 Å². The van der Waals surface area contributed by atoms with Crippen molar-refractivity contribution >= 4 is 39.9 Å². The second-order valence-electron chi connectivity index (χ2n) is 6.40. The highest BCUT2D eigenvalue weighted by atomic mass is 79.9. The molecule has 0 saturated carbocycles. The molecule has 3 amide bonds. The average molecular weight is 493 g/mol. The predicted octanol–water partition coefficient (Wildman–Crippen LogP) is 3.24. The summed E-state index contributed by atoms with van der Waals surface area (Å²) in [6.45, 7) is -0.367. The molecule has 1 fully saturated rings. The molecule has 0 aromatic heterocycles. The molecule has 1 heterocycles. The molecule has 0 bridgehead atoms. The Hall–Kier alpha value is -3.40. The molecule has 8 nitrogen and oxygen atoms in total. The fourth-order valence-electron chi connectivity index (χ4n) is 2.79. The standard InChI is InChI=1S/C21H18BrFN2O6/c1-29-17-8-13(7-16-20(27)25(21(28)24-16)10-19(26)30-2)15(22)9-18(17)31-11-12-4-3-5-14(23)6-12/h3-9H,10-11H2,1-2H3,(H,24,28)/b16-7+. The SMILES string of the molecule is COC(=O)CN1C(=O)N/C(=C/c2cc(OC)c(OCc3cccc(F)c3)cc2Br)C1=O. The van der Waals surface area contributed by atoms with Crippen LogP contribution in [-0.4, -0.2) is 43.6 Å². The quantitative estimate of drug-likeness (QED) is 0.362. The van der Waals surface area contributed by atoms with Gasteiger partial charge in [0.1, 0.15) is 24.7 Å². The highest BCUT2D eigenvalue weighted by molar-refractivity contribution is 9.10. The number of hydrogen-bond donors (Lipinski definition) is 1. The van der Waals surface area contributed by atoms with Crippen molar-refractivity contribution in [1.29, 1.82) is 0 Å². The number of nitrogens with one attached hydrogen (secondary N) is 1. The van der Waals surface area contributed by atoms with Crippen LogP contribution in [0.1, 0.15) is 11.1 Å². The van der Waals surface area contributed by atoms with E-state index in [-0.39, 0.29) is 18.1 Å². The van der Waals surface area contributed by atoms with Crippen LogP contribution in [0.25, 0.3) is 6.08 Å². The first-order valence-electron chi connectivity index (χ1n) is 8.98. The van der Waals surface area contributed by atoms with E-state index in [1.54, 1.807) is 24.3 Å². The number of benzene rings is 2. The van der Waals surface area contributed by atoms with Gasteiger partial charge in [0.2, 0.25) is 0 Å². The van der Waals surface area contributed by atoms with Gasteiger partial charge in [-0.2, -0.15) is 0 Å². The lowest BCUT2D eigenvalue weighted by Crippen LogP contribution is -2.36. The Bertz CT molecular complexity index is 1070. The molecule has 1 saturated heterocycles. The van der Waals surface area contributed by atoms with Crippen molar-refractivity contribution in [2.24, 2.45) is 0 Å². The molecule has 0 spiro atoms. The van der Waals surface area contributed by atoms with Gasteiger partial charge in [-0.05, 0) is 41.5 Å². The molecule has 2 aromatic rings. The lowest BCUT2D eigenvalue weighted by molar-refractivity contribution is -0.143. The molecule has 162 valence electrons. The van der Waals surface area contributed by atoms with Gasteiger partial charge in [0.05, 0.1) is 14.2 Å². The predicted molar refractivity (Wildman–Crippen MR) is 112 cm³/mol. The lowest BCUT2D eigenvalue weighted by Gasteiger charge is -2.13. The van der Waals surface area contributed by atoms with E-state index in [4.69, 9.17) is 9.47 Å². The number of halogens is 2. The van der Waals surface area contributed by atoms with E-state index in [2.05, 4.69) is 26.0 Å². The molecule has 1 aliphatic rings. The fraction of sp³-hybridized carbons (Fsp3) is 0.190. The summed E-state index contributed by atoms with van der Waals surface area (Å²) in [6, 6.07) is 8.57. The van der Waals surface area contributed by atoms with Crippen LogP contribution in [-0.2, 0) is 20.9 Å². The highest BCUT2D eigenvalue weighted by Crippen LogP contribution is 2.35. The van der Waals surface area contributed by atoms with Crippen LogP contribution in [0, 0.1) is 5.82 Å². The number of rotatable bonds is 7. The van der Waals surface area contributed by atoms with E-state index in [9.17, 15) is 18.8 Å². The number of esters is 1. The van der Waals surface area contributed by atoms with Crippen molar-refractivity contribution in [3.8, 4) is 11.5 Å². The van der Waals surface area contributed by atoms with Crippen molar-refractivity contribution in [2.75, 3.05) is 20.8 Å². The second-order valence-corrected chi connectivity index (χ2v) is 7.25. The van der Waals surface area contributed by atoms with Gasteiger partial charge in [-0.15, -0.1) is 0 Å². The monoisotopic (exact) mass is 492 g/mol. The number of carbonyl (C=O) groups is 3. The summed E-state index contributed by atoms with van der Waals surface area (Å²) in [5, 5.41) is 2.43. The summed E-state index contributed by atoms with van der Waals surface area (Å²) in [5.74, 6) is -0.967. The van der Waals surface area contributed by atoms with Gasteiger partial charge in [0.15, 0.2) is 11.5 Å². The Labute approximate surface area is 185 Å². The summed E-state index contributed by atoms with van der Waals surface area (Å²) in [6.07, 6.45) is 1.44. The zero-order valence-corrected chi connectivity index (χ0v) is 18.2. The molecule has 0 unspecified atom stereocenters. The number of imide groups is 1. The van der Waals surface area contributed by atoms with Gasteiger partial charge < -0.3 is 19.5 Å². The second kappa shape index (κ2) is 9.61. The van der Waals surface area contributed by atoms with Crippen LogP contribution in [0.3, 0.4) is 0 Å². The largest absolute Gasteiger partial charge is 0.493 e. The van der Waals surface area contributed by atoms with Crippen molar-refractivity contribution in [3.05, 3.63) is 63.5 Å². The van der Waals surface area contributed by atoms with Crippen molar-refractivity contribution < 1.29 is 33.0 Å². The summed E-state index contributed by atoms with van der Waals surface area (Å²) in [4.78, 5) is 36.6. The Kier molecular flexibility index (Phi) is 6.91. The molecular weight excluding hydrogens is 475 g/mol. The lowest BCUT2D eigenvalue weighted by atomic mass is 10.1. The Morgan fingerprint density at radius 1 is 1.19 bits per heavy atom. The zero-order valence-electron chi connectivity index (χ0n) is 16.6. The first-order valence-corrected chi connectivity index (χ1v) is 9.77. The number of hydrogen-bond acceptors (Lipinski definition) is 6. The molecule has 0 aliphatic carbocycles. The van der Waals surface area contributed by atoms with Gasteiger partial charge in [-0.3, -0.25) is 9.59 Å². The van der Waals surface area contributed by atoms with Crippen LogP contribution in [0.15, 0.2) is 46.6 Å². The molecule has 1 aliphatic heterocycles. The van der Waals surface area contributed by atoms with E-state index >= 15 is 0 Å². The molecule has 3 rings (SSSR count). The van der Waals surface area contributed by atoms with Crippen molar-refractivity contribution in [1.82, 2.24) is 10.2 Å². The Morgan fingerprint density at radius 3 is 2.65 bits per heavy atom. The molecule has 10 heteroatoms. The van der Waals surface area contributed by atoms with Gasteiger partial charge in [-0.1, -0.05) is 28.1 Å². The van der Waals surface area contributed by atoms with Gasteiger partial charge in [0, 0.05) is 4.47 Å². The molecule has 1 N–H and O–H groups in total. The third-order valence-corrected chi connectivity index (χ3v) is 5.03. The summed E-state index contributed by atoms with van der Waals surface area (Å²) >= 11 is 3.41. The first kappa shape index (κ1) is 22.3. The van der Waals surface area contributed by atoms with Crippen LogP contribution in [0.4, 0.5) is 9.18 Å². The molecule has 0 radical (unpaired) electrons. The number of nitrogens with zero attached hydrogens (tertiary/aromatic N) is 1. The van der Waals surface area contributed by atoms with Crippen LogP contribution in [0.5, 0.6) is 11.5 Å². The van der Waals surface area contributed by atoms with Crippen LogP contribution < -0.4 is 14.8 Å². The van der Waals surface area contributed by atoms with Gasteiger partial charge >= 0.3 is 12.0 Å². The minimum Gasteiger partial charge on any atom is -0.493 e. The average Bonchev–Trinajstić information content (AvgIpc) is 3.01. The van der Waals surface area contributed by atoms with E-state index in [1.165, 1.54) is 32.4 Å². The maximum Gasteiger partial charge on any atom is 0.329 e. The Balaban J connectivity index is 1.82. The van der Waals surface area contributed by atoms with E-state index in [0.29, 0.717) is 27.1 Å². The normalized spacial score (nSPS) is 14.6. The minimum absolute atomic E-state index is 0.00918. The third kappa shape index (κ3) is 5.21. The summed E-state index contributed by atoms with van der Waals surface area (Å²) < 4.78 is 29.5. The molecule has 0 atom stereocenters. The van der Waals surface area contributed by atoms with Crippen molar-refractivity contribution in [2.45, 2.75) is 6.61 Å². The van der Waals surface area contributed by atoms with Gasteiger partial charge in [-0.25, -0.2) is 14.1 Å². The number of amides is 3. The van der Waals surface area contributed by atoms with Gasteiger partial charge in [0.25, 0.3) is 5.91 Å². The van der Waals surface area contributed by atoms with E-state index < -0.39 is 24.5 Å². The minimum atomic E-state index is -0.722. The maximum atomic E-state index is 13.3. The topological polar surface area (TPSA) is 94.2 Å². The highest BCUT2D eigenvalue weighted by Gasteiger charge is 2.35. The number of carbonyl (C=O) groups excluding carboxylic acids is 3. The number of methoxy groups -OCH3 is 2. The summed E-state index contributed by atoms with van der Waals surface area (Å²) in [5.41, 5.74) is 1.16. The molecule has 31 heavy (non-hydrogen) atoms. The Morgan fingerprint density at radius 2 is 1.97 bits per heavy atom. The fourth-order valence-corrected chi connectivity index (χ4v) is 3.22. The number of urea groups is 1. The zero-order chi connectivity index (χ0) is 22.5. The maximum absolute atomic E-state index is 13.3. The third-order valence-electron chi connectivity index (χ3n) is 4.34. The molecule has 2 aromatic carbocycles. The summed E-state index contributed by atoms with van der Waals surface area (Å²) in [7, 11) is 2.62. The first-order chi connectivity index (χ1) is 14.8. The van der Waals surface area contributed by atoms with E-state index in [1.807, 2.05) is 0 Å².